The van der Waals surface area contributed by atoms with Gasteiger partial charge in [0, 0.05) is 67.1 Å². The molecule has 0 bridgehead atoms. The number of methoxy groups -OCH3 is 1. The Labute approximate surface area is 451 Å². The lowest BCUT2D eigenvalue weighted by Crippen LogP contribution is -2.35. The molecule has 1 atom stereocenters. The smallest absolute Gasteiger partial charge is 0.333 e. The molecule has 3 heterocycles. The van der Waals surface area contributed by atoms with Gasteiger partial charge >= 0.3 is 5.97 Å². The number of allylic oxidation sites excluding steroid dienone is 3. The first kappa shape index (κ1) is 62.7. The Morgan fingerprint density at radius 1 is 0.727 bits per heavy atom. The molecule has 1 aromatic heterocycles. The predicted octanol–water partition coefficient (Wildman–Crippen LogP) is 5.46. The Hall–Kier alpha value is -5.19. The average Bonchev–Trinajstić information content (AvgIpc) is 3.78. The summed E-state index contributed by atoms with van der Waals surface area (Å²) < 4.78 is 138. The summed E-state index contributed by atoms with van der Waals surface area (Å²) in [5.41, 5.74) is 2.07. The van der Waals surface area contributed by atoms with Crippen LogP contribution < -0.4 is 19.7 Å². The molecule has 428 valence electrons. The molecule has 1 unspecified atom stereocenters. The average molecular weight is 1140 g/mol. The molecule has 0 saturated heterocycles. The molecule has 0 radical (unpaired) electrons. The summed E-state index contributed by atoms with van der Waals surface area (Å²) in [6.07, 6.45) is 6.93. The van der Waals surface area contributed by atoms with Crippen LogP contribution in [-0.2, 0) is 69.7 Å². The van der Waals surface area contributed by atoms with Crippen molar-refractivity contribution in [2.45, 2.75) is 88.4 Å². The maximum absolute atomic E-state index is 12.6. The fourth-order valence-electron chi connectivity index (χ4n) is 8.88. The van der Waals surface area contributed by atoms with E-state index in [9.17, 15) is 53.9 Å². The largest absolute Gasteiger partial charge is 0.492 e. The van der Waals surface area contributed by atoms with Crippen LogP contribution in [0.1, 0.15) is 89.5 Å². The normalized spacial score (nSPS) is 16.3. The SMILES string of the molecule is COCCOCCOCCOCCOCC[N+](CCCS(=O)(=O)O)=c1ccc2c(C(C)(C)C)cc(C=CC=C3N(CCCCCC(=O)On4c(O)ccc4O)c4ccc(S(=O)(=O)O)cc4C3(C)CCCS(=O)(=O)O)oc-2c1. The highest BCUT2D eigenvalue weighted by Crippen LogP contribution is 2.51. The van der Waals surface area contributed by atoms with Gasteiger partial charge < -0.3 is 48.1 Å². The van der Waals surface area contributed by atoms with Gasteiger partial charge in [-0.2, -0.15) is 25.3 Å². The molecule has 25 heteroatoms. The molecule has 5 N–H and O–H groups in total. The number of nitrogens with zero attached hydrogens (tertiary/aromatic N) is 3. The Morgan fingerprint density at radius 2 is 1.34 bits per heavy atom. The number of benzene rings is 2. The summed E-state index contributed by atoms with van der Waals surface area (Å²) in [5, 5.41) is 20.4. The van der Waals surface area contributed by atoms with Gasteiger partial charge in [-0.05, 0) is 91.6 Å². The van der Waals surface area contributed by atoms with Crippen LogP contribution in [0.4, 0.5) is 5.69 Å². The van der Waals surface area contributed by atoms with E-state index in [4.69, 9.17) is 32.9 Å². The van der Waals surface area contributed by atoms with E-state index in [-0.39, 0.29) is 49.1 Å². The molecular weight excluding hydrogens is 1070 g/mol. The highest BCUT2D eigenvalue weighted by molar-refractivity contribution is 7.86. The summed E-state index contributed by atoms with van der Waals surface area (Å²) in [7, 11) is -11.7. The molecule has 0 saturated carbocycles. The predicted molar refractivity (Wildman–Crippen MR) is 287 cm³/mol. The third-order valence-electron chi connectivity index (χ3n) is 12.7. The van der Waals surface area contributed by atoms with Crippen molar-refractivity contribution < 1.29 is 86.9 Å². The lowest BCUT2D eigenvalue weighted by Gasteiger charge is -2.30. The number of hydrogen-bond donors (Lipinski definition) is 5. The van der Waals surface area contributed by atoms with Crippen LogP contribution in [-0.4, -0.2) is 158 Å². The fourth-order valence-corrected chi connectivity index (χ4v) is 10.4. The fraction of sp³-hybridized carbons (Fsp3) is 0.538. The van der Waals surface area contributed by atoms with Crippen LogP contribution in [0.2, 0.25) is 0 Å². The van der Waals surface area contributed by atoms with Crippen LogP contribution in [0.3, 0.4) is 0 Å². The van der Waals surface area contributed by atoms with Crippen molar-refractivity contribution >= 4 is 48.1 Å². The zero-order chi connectivity index (χ0) is 56.4. The number of aromatic nitrogens is 1. The topological polar surface area (TPSA) is 300 Å². The number of unbranched alkanes of at least 4 members (excludes halogenated alkanes) is 2. The number of anilines is 1. The number of aromatic hydroxyl groups is 2. The molecule has 2 aliphatic heterocycles. The van der Waals surface area contributed by atoms with Gasteiger partial charge in [0.2, 0.25) is 17.1 Å². The molecular formula is C52H74N3O19S3+. The summed E-state index contributed by atoms with van der Waals surface area (Å²) in [4.78, 5) is 19.2. The number of carbonyl (C=O) groups excluding carboxylic acids is 1. The van der Waals surface area contributed by atoms with Crippen molar-refractivity contribution in [3.8, 4) is 23.1 Å². The van der Waals surface area contributed by atoms with Crippen molar-refractivity contribution in [2.75, 3.05) is 103 Å². The molecule has 0 spiro atoms. The molecule has 22 nitrogen and oxygen atoms in total. The van der Waals surface area contributed by atoms with Crippen molar-refractivity contribution in [3.05, 3.63) is 94.7 Å². The highest BCUT2D eigenvalue weighted by Gasteiger charge is 2.44. The molecule has 3 aliphatic rings. The molecule has 1 aromatic carbocycles. The molecule has 5 rings (SSSR count). The molecule has 77 heavy (non-hydrogen) atoms. The van der Waals surface area contributed by atoms with Crippen LogP contribution in [0.5, 0.6) is 11.8 Å². The van der Waals surface area contributed by atoms with E-state index in [1.165, 1.54) is 24.3 Å². The third-order valence-corrected chi connectivity index (χ3v) is 15.1. The van der Waals surface area contributed by atoms with Crippen molar-refractivity contribution in [2.24, 2.45) is 0 Å². The summed E-state index contributed by atoms with van der Waals surface area (Å²) in [6.45, 7) is 12.6. The molecule has 0 amide bonds. The molecule has 0 fully saturated rings. The van der Waals surface area contributed by atoms with Crippen molar-refractivity contribution in [1.29, 1.82) is 0 Å². The van der Waals surface area contributed by atoms with E-state index in [2.05, 4.69) is 20.8 Å². The van der Waals surface area contributed by atoms with Crippen molar-refractivity contribution in [1.82, 2.24) is 9.31 Å². The van der Waals surface area contributed by atoms with Gasteiger partial charge in [0.05, 0.1) is 75.3 Å². The summed E-state index contributed by atoms with van der Waals surface area (Å²) in [5.74, 6) is -1.62. The van der Waals surface area contributed by atoms with E-state index in [0.717, 1.165) is 11.1 Å². The van der Waals surface area contributed by atoms with Gasteiger partial charge in [-0.1, -0.05) is 33.3 Å². The van der Waals surface area contributed by atoms with E-state index >= 15 is 0 Å². The quantitative estimate of drug-likeness (QED) is 0.0225. The molecule has 2 aromatic rings. The van der Waals surface area contributed by atoms with Gasteiger partial charge in [0.15, 0.2) is 6.54 Å². The number of fused-ring (bicyclic) bond motifs is 2. The van der Waals surface area contributed by atoms with Crippen LogP contribution in [0.15, 0.2) is 81.8 Å². The first-order valence-corrected chi connectivity index (χ1v) is 29.9. The Morgan fingerprint density at radius 3 is 1.94 bits per heavy atom. The van der Waals surface area contributed by atoms with Crippen molar-refractivity contribution in [3.63, 3.8) is 0 Å². The summed E-state index contributed by atoms with van der Waals surface area (Å²) in [6, 6.07) is 14.2. The molecule has 1 aliphatic carbocycles. The summed E-state index contributed by atoms with van der Waals surface area (Å²) >= 11 is 0. The van der Waals surface area contributed by atoms with Gasteiger partial charge in [0.1, 0.15) is 24.7 Å². The highest BCUT2D eigenvalue weighted by atomic mass is 32.2. The minimum atomic E-state index is -4.67. The van der Waals surface area contributed by atoms with Gasteiger partial charge in [-0.15, -0.1) is 4.73 Å². The second-order valence-corrected chi connectivity index (χ2v) is 24.2. The monoisotopic (exact) mass is 1140 g/mol. The minimum absolute atomic E-state index is 0.0114. The van der Waals surface area contributed by atoms with Gasteiger partial charge in [-0.25, -0.2) is 9.37 Å². The lowest BCUT2D eigenvalue weighted by molar-refractivity contribution is -0.145. The number of hydrogen-bond acceptors (Lipinski definition) is 17. The second kappa shape index (κ2) is 28.6. The first-order chi connectivity index (χ1) is 36.3. The van der Waals surface area contributed by atoms with Gasteiger partial charge in [0.25, 0.3) is 30.4 Å². The number of rotatable bonds is 33. The number of ether oxygens (including phenoxy) is 5. The maximum Gasteiger partial charge on any atom is 0.333 e. The van der Waals surface area contributed by atoms with Gasteiger partial charge in [-0.3, -0.25) is 13.7 Å². The Balaban J connectivity index is 1.44. The van der Waals surface area contributed by atoms with E-state index in [1.807, 2.05) is 46.7 Å². The zero-order valence-electron chi connectivity index (χ0n) is 44.3. The van der Waals surface area contributed by atoms with Crippen LogP contribution >= 0.6 is 0 Å². The standard InChI is InChI=1S/C52H73N3O19S3/c1-51(2,3)43-37-40(73-46-36-39(15-17-42(43)46)53(22-11-35-76(62,63)64)24-25-69-28-29-71-32-33-72-31-30-70-27-26-68-5)12-9-13-47-52(4,21-10-34-75(59,60)61)44-38-41(77(65,66)67)16-18-45(44)54(47)23-8-6-7-14-50(58)74-55-48(56)19-20-49(55)57/h9,12-13,15-20,36-38H,6-8,10-11,14,21-35H2,1-5H3,(H4-,56,57,59,60,61,62,63,64,65,66,67)/p+1. The first-order valence-electron chi connectivity index (χ1n) is 25.3. The lowest BCUT2D eigenvalue weighted by atomic mass is 9.77. The zero-order valence-corrected chi connectivity index (χ0v) is 46.7. The minimum Gasteiger partial charge on any atom is -0.492 e. The third kappa shape index (κ3) is 19.6. The Bertz CT molecular complexity index is 3010. The second-order valence-electron chi connectivity index (χ2n) is 19.6. The Kier molecular flexibility index (Phi) is 23.3. The number of carbonyl (C=O) groups is 1. The van der Waals surface area contributed by atoms with E-state index < -0.39 is 65.0 Å². The van der Waals surface area contributed by atoms with E-state index in [1.54, 1.807) is 25.3 Å². The van der Waals surface area contributed by atoms with Crippen LogP contribution in [0, 0.1) is 0 Å². The van der Waals surface area contributed by atoms with Crippen LogP contribution in [0.25, 0.3) is 17.4 Å². The van der Waals surface area contributed by atoms with E-state index in [0.29, 0.717) is 124 Å². The maximum atomic E-state index is 12.6.